The third-order valence-corrected chi connectivity index (χ3v) is 6.94. The quantitative estimate of drug-likeness (QED) is 0.632. The van der Waals surface area contributed by atoms with Crippen molar-refractivity contribution < 1.29 is 9.18 Å². The van der Waals surface area contributed by atoms with E-state index in [0.29, 0.717) is 31.7 Å². The normalized spacial score (nSPS) is 17.7. The van der Waals surface area contributed by atoms with Gasteiger partial charge in [0.05, 0.1) is 10.6 Å². The van der Waals surface area contributed by atoms with Gasteiger partial charge in [0, 0.05) is 50.0 Å². The Bertz CT molecular complexity index is 1060. The molecule has 1 amide bonds. The summed E-state index contributed by atoms with van der Waals surface area (Å²) in [6, 6.07) is 12.8. The lowest BCUT2D eigenvalue weighted by Crippen LogP contribution is -2.58. The SMILES string of the molecule is O=C(C1CN(c2nc3c(F)cccc3s2)C1)N1CCN(c2cccc(Cl)c2)CC1. The van der Waals surface area contributed by atoms with E-state index in [1.54, 1.807) is 6.07 Å². The van der Waals surface area contributed by atoms with E-state index in [0.717, 1.165) is 33.6 Å². The summed E-state index contributed by atoms with van der Waals surface area (Å²) in [5, 5.41) is 1.52. The number of nitrogens with zero attached hydrogens (tertiary/aromatic N) is 4. The zero-order chi connectivity index (χ0) is 20.0. The van der Waals surface area contributed by atoms with Gasteiger partial charge in [-0.3, -0.25) is 4.79 Å². The Balaban J connectivity index is 1.17. The van der Waals surface area contributed by atoms with Crippen molar-refractivity contribution in [2.45, 2.75) is 0 Å². The molecule has 3 heterocycles. The molecule has 0 unspecified atom stereocenters. The molecule has 2 saturated heterocycles. The molecule has 0 radical (unpaired) electrons. The summed E-state index contributed by atoms with van der Waals surface area (Å²) < 4.78 is 14.7. The van der Waals surface area contributed by atoms with Gasteiger partial charge in [0.2, 0.25) is 5.91 Å². The highest BCUT2D eigenvalue weighted by Crippen LogP contribution is 2.34. The molecule has 2 fully saturated rings. The standard InChI is InChI=1S/C21H20ClFN4OS/c22-15-3-1-4-16(11-15)25-7-9-26(10-8-25)20(28)14-12-27(13-14)21-24-19-17(23)5-2-6-18(19)29-21/h1-6,11,14H,7-10,12-13H2. The number of hydrogen-bond acceptors (Lipinski definition) is 5. The summed E-state index contributed by atoms with van der Waals surface area (Å²) in [5.74, 6) is -0.0976. The third kappa shape index (κ3) is 3.53. The van der Waals surface area contributed by atoms with Crippen molar-refractivity contribution in [1.29, 1.82) is 0 Å². The van der Waals surface area contributed by atoms with Gasteiger partial charge in [-0.1, -0.05) is 35.1 Å². The fourth-order valence-electron chi connectivity index (χ4n) is 3.95. The number of anilines is 2. The molecule has 8 heteroatoms. The zero-order valence-electron chi connectivity index (χ0n) is 15.7. The van der Waals surface area contributed by atoms with Crippen molar-refractivity contribution >= 4 is 49.9 Å². The number of amides is 1. The second kappa shape index (κ2) is 7.46. The molecular weight excluding hydrogens is 411 g/mol. The number of aromatic nitrogens is 1. The number of halogens is 2. The van der Waals surface area contributed by atoms with Crippen LogP contribution in [0.2, 0.25) is 5.02 Å². The van der Waals surface area contributed by atoms with Crippen molar-refractivity contribution in [1.82, 2.24) is 9.88 Å². The van der Waals surface area contributed by atoms with Crippen LogP contribution in [0.15, 0.2) is 42.5 Å². The average Bonchev–Trinajstić information content (AvgIpc) is 3.12. The maximum atomic E-state index is 13.9. The topological polar surface area (TPSA) is 39.7 Å². The third-order valence-electron chi connectivity index (χ3n) is 5.62. The van der Waals surface area contributed by atoms with Crippen LogP contribution in [0.4, 0.5) is 15.2 Å². The van der Waals surface area contributed by atoms with Crippen LogP contribution < -0.4 is 9.80 Å². The molecule has 0 spiro atoms. The van der Waals surface area contributed by atoms with Crippen molar-refractivity contribution in [2.75, 3.05) is 49.1 Å². The fraction of sp³-hybridized carbons (Fsp3) is 0.333. The van der Waals surface area contributed by atoms with E-state index in [-0.39, 0.29) is 17.6 Å². The first-order valence-electron chi connectivity index (χ1n) is 9.68. The van der Waals surface area contributed by atoms with Gasteiger partial charge in [0.25, 0.3) is 0 Å². The molecule has 0 N–H and O–H groups in total. The molecule has 2 aliphatic rings. The summed E-state index contributed by atoms with van der Waals surface area (Å²) in [6.45, 7) is 4.34. The molecule has 0 aliphatic carbocycles. The number of rotatable bonds is 3. The van der Waals surface area contributed by atoms with E-state index in [1.807, 2.05) is 35.2 Å². The molecule has 5 rings (SSSR count). The Morgan fingerprint density at radius 1 is 1.07 bits per heavy atom. The molecule has 2 aliphatic heterocycles. The van der Waals surface area contributed by atoms with Crippen LogP contribution >= 0.6 is 22.9 Å². The van der Waals surface area contributed by atoms with E-state index in [2.05, 4.69) is 14.8 Å². The molecule has 0 bridgehead atoms. The van der Waals surface area contributed by atoms with Gasteiger partial charge in [0.15, 0.2) is 5.13 Å². The zero-order valence-corrected chi connectivity index (χ0v) is 17.3. The number of carbonyl (C=O) groups excluding carboxylic acids is 1. The van der Waals surface area contributed by atoms with Crippen LogP contribution in [0.5, 0.6) is 0 Å². The lowest BCUT2D eigenvalue weighted by atomic mass is 9.99. The van der Waals surface area contributed by atoms with Crippen molar-refractivity contribution in [3.63, 3.8) is 0 Å². The Kier molecular flexibility index (Phi) is 4.80. The lowest BCUT2D eigenvalue weighted by molar-refractivity contribution is -0.136. The van der Waals surface area contributed by atoms with E-state index in [1.165, 1.54) is 17.4 Å². The Labute approximate surface area is 177 Å². The molecule has 150 valence electrons. The number of carbonyl (C=O) groups is 1. The smallest absolute Gasteiger partial charge is 0.229 e. The molecular formula is C21H20ClFN4OS. The van der Waals surface area contributed by atoms with Crippen molar-refractivity contribution in [3.8, 4) is 0 Å². The minimum atomic E-state index is -0.296. The highest BCUT2D eigenvalue weighted by atomic mass is 35.5. The molecule has 2 aromatic carbocycles. The summed E-state index contributed by atoms with van der Waals surface area (Å²) in [6.07, 6.45) is 0. The molecule has 1 aromatic heterocycles. The molecule has 5 nitrogen and oxygen atoms in total. The van der Waals surface area contributed by atoms with Gasteiger partial charge in [0.1, 0.15) is 11.3 Å². The molecule has 0 atom stereocenters. The number of thiazole rings is 1. The van der Waals surface area contributed by atoms with E-state index >= 15 is 0 Å². The van der Waals surface area contributed by atoms with Crippen molar-refractivity contribution in [2.24, 2.45) is 5.92 Å². The Morgan fingerprint density at radius 2 is 1.83 bits per heavy atom. The van der Waals surface area contributed by atoms with Crippen LogP contribution in [-0.2, 0) is 4.79 Å². The van der Waals surface area contributed by atoms with Gasteiger partial charge in [-0.05, 0) is 30.3 Å². The van der Waals surface area contributed by atoms with Crippen LogP contribution in [-0.4, -0.2) is 55.1 Å². The van der Waals surface area contributed by atoms with Crippen LogP contribution in [0, 0.1) is 11.7 Å². The predicted molar refractivity (Wildman–Crippen MR) is 116 cm³/mol. The summed E-state index contributed by atoms with van der Waals surface area (Å²) in [7, 11) is 0. The van der Waals surface area contributed by atoms with E-state index in [9.17, 15) is 9.18 Å². The molecule has 29 heavy (non-hydrogen) atoms. The number of fused-ring (bicyclic) bond motifs is 1. The first-order valence-corrected chi connectivity index (χ1v) is 10.9. The van der Waals surface area contributed by atoms with Gasteiger partial charge < -0.3 is 14.7 Å². The monoisotopic (exact) mass is 430 g/mol. The summed E-state index contributed by atoms with van der Waals surface area (Å²) in [4.78, 5) is 23.6. The highest BCUT2D eigenvalue weighted by Gasteiger charge is 2.37. The first kappa shape index (κ1) is 18.6. The predicted octanol–water partition coefficient (Wildman–Crippen LogP) is 3.87. The average molecular weight is 431 g/mol. The van der Waals surface area contributed by atoms with Gasteiger partial charge >= 0.3 is 0 Å². The Hall–Kier alpha value is -2.38. The molecule has 3 aromatic rings. The maximum absolute atomic E-state index is 13.9. The largest absolute Gasteiger partial charge is 0.368 e. The minimum absolute atomic E-state index is 0.00965. The fourth-order valence-corrected chi connectivity index (χ4v) is 5.13. The van der Waals surface area contributed by atoms with Crippen LogP contribution in [0.25, 0.3) is 10.2 Å². The second-order valence-electron chi connectivity index (χ2n) is 7.48. The van der Waals surface area contributed by atoms with Gasteiger partial charge in [-0.2, -0.15) is 0 Å². The van der Waals surface area contributed by atoms with E-state index < -0.39 is 0 Å². The summed E-state index contributed by atoms with van der Waals surface area (Å²) in [5.41, 5.74) is 1.52. The number of piperazine rings is 1. The highest BCUT2D eigenvalue weighted by molar-refractivity contribution is 7.22. The maximum Gasteiger partial charge on any atom is 0.229 e. The second-order valence-corrected chi connectivity index (χ2v) is 8.92. The lowest BCUT2D eigenvalue weighted by Gasteiger charge is -2.43. The number of benzene rings is 2. The van der Waals surface area contributed by atoms with Gasteiger partial charge in [-0.25, -0.2) is 9.37 Å². The van der Waals surface area contributed by atoms with Crippen molar-refractivity contribution in [3.05, 3.63) is 53.3 Å². The number of para-hydroxylation sites is 1. The molecule has 0 saturated carbocycles. The minimum Gasteiger partial charge on any atom is -0.368 e. The summed E-state index contributed by atoms with van der Waals surface area (Å²) >= 11 is 7.57. The van der Waals surface area contributed by atoms with Gasteiger partial charge in [-0.15, -0.1) is 0 Å². The van der Waals surface area contributed by atoms with Crippen LogP contribution in [0.1, 0.15) is 0 Å². The Morgan fingerprint density at radius 3 is 2.55 bits per heavy atom. The van der Waals surface area contributed by atoms with Crippen LogP contribution in [0.3, 0.4) is 0 Å². The number of hydrogen-bond donors (Lipinski definition) is 0. The first-order chi connectivity index (χ1) is 14.1. The van der Waals surface area contributed by atoms with E-state index in [4.69, 9.17) is 11.6 Å².